The summed E-state index contributed by atoms with van der Waals surface area (Å²) in [6.07, 6.45) is 3.43. The zero-order chi connectivity index (χ0) is 8.81. The maximum atomic E-state index is 5.41. The van der Waals surface area contributed by atoms with Gasteiger partial charge >= 0.3 is 0 Å². The molecule has 0 spiro atoms. The van der Waals surface area contributed by atoms with Crippen molar-refractivity contribution in [3.05, 3.63) is 12.4 Å². The van der Waals surface area contributed by atoms with Crippen molar-refractivity contribution in [1.29, 1.82) is 0 Å². The molecule has 0 amide bonds. The fraction of sp³-hybridized carbons (Fsp3) is 0.500. The summed E-state index contributed by atoms with van der Waals surface area (Å²) in [7, 11) is 1.64. The molecule has 0 radical (unpaired) electrons. The van der Waals surface area contributed by atoms with Crippen LogP contribution in [0.2, 0.25) is 0 Å². The number of rotatable bonds is 3. The summed E-state index contributed by atoms with van der Waals surface area (Å²) < 4.78 is 1.72. The molecule has 1 aromatic rings. The molecule has 6 heteroatoms. The summed E-state index contributed by atoms with van der Waals surface area (Å²) >= 11 is 0. The first kappa shape index (κ1) is 8.51. The molecule has 66 valence electrons. The number of aliphatic imine (C=N–C) groups is 1. The Hall–Kier alpha value is -1.59. The molecule has 1 heterocycles. The minimum absolute atomic E-state index is 0.440. The number of hydrogen-bond acceptors (Lipinski definition) is 3. The predicted octanol–water partition coefficient (Wildman–Crippen LogP) is -1.19. The number of hydrogen-bond donors (Lipinski definition) is 2. The second kappa shape index (κ2) is 4.32. The third kappa shape index (κ3) is 2.57. The van der Waals surface area contributed by atoms with Gasteiger partial charge in [0, 0.05) is 19.8 Å². The first-order valence-corrected chi connectivity index (χ1v) is 3.63. The van der Waals surface area contributed by atoms with Gasteiger partial charge in [-0.2, -0.15) is 0 Å². The zero-order valence-electron chi connectivity index (χ0n) is 6.94. The Kier molecular flexibility index (Phi) is 3.06. The highest BCUT2D eigenvalue weighted by atomic mass is 15.4. The average Bonchev–Trinajstić information content (AvgIpc) is 2.57. The molecule has 0 aliphatic rings. The lowest BCUT2D eigenvalue weighted by atomic mass is 10.6. The van der Waals surface area contributed by atoms with Crippen LogP contribution in [0.1, 0.15) is 0 Å². The highest BCUT2D eigenvalue weighted by molar-refractivity contribution is 5.77. The third-order valence-electron chi connectivity index (χ3n) is 1.36. The first-order valence-electron chi connectivity index (χ1n) is 3.63. The lowest BCUT2D eigenvalue weighted by molar-refractivity contribution is 0.579. The van der Waals surface area contributed by atoms with E-state index in [1.807, 2.05) is 0 Å². The molecule has 1 aromatic heterocycles. The molecule has 6 nitrogen and oxygen atoms in total. The summed E-state index contributed by atoms with van der Waals surface area (Å²) in [6, 6.07) is 0. The molecule has 0 saturated carbocycles. The van der Waals surface area contributed by atoms with E-state index in [1.54, 1.807) is 24.1 Å². The maximum absolute atomic E-state index is 5.41. The topological polar surface area (TPSA) is 81.1 Å². The van der Waals surface area contributed by atoms with Gasteiger partial charge in [-0.15, -0.1) is 5.10 Å². The Morgan fingerprint density at radius 1 is 1.75 bits per heavy atom. The molecule has 0 unspecified atom stereocenters. The van der Waals surface area contributed by atoms with E-state index in [2.05, 4.69) is 20.6 Å². The van der Waals surface area contributed by atoms with Gasteiger partial charge in [0.25, 0.3) is 0 Å². The fourth-order valence-corrected chi connectivity index (χ4v) is 0.730. The van der Waals surface area contributed by atoms with Gasteiger partial charge in [0.15, 0.2) is 5.96 Å². The molecule has 0 bridgehead atoms. The van der Waals surface area contributed by atoms with Crippen molar-refractivity contribution in [1.82, 2.24) is 20.3 Å². The zero-order valence-corrected chi connectivity index (χ0v) is 6.94. The smallest absolute Gasteiger partial charge is 0.188 e. The van der Waals surface area contributed by atoms with Crippen LogP contribution in [-0.2, 0) is 6.54 Å². The maximum Gasteiger partial charge on any atom is 0.188 e. The lowest BCUT2D eigenvalue weighted by Gasteiger charge is -2.03. The van der Waals surface area contributed by atoms with Crippen molar-refractivity contribution in [2.45, 2.75) is 6.54 Å². The standard InChI is InChI=1S/C6H12N6/c1-8-6(7)9-2-4-12-5-3-10-11-12/h3,5H,2,4H2,1H3,(H3,7,8,9). The van der Waals surface area contributed by atoms with Crippen LogP contribution in [0, 0.1) is 0 Å². The van der Waals surface area contributed by atoms with Crippen molar-refractivity contribution >= 4 is 5.96 Å². The van der Waals surface area contributed by atoms with Gasteiger partial charge in [0.05, 0.1) is 12.7 Å². The van der Waals surface area contributed by atoms with Gasteiger partial charge in [-0.1, -0.05) is 5.21 Å². The SMILES string of the molecule is CN=C(N)NCCn1ccnn1. The van der Waals surface area contributed by atoms with Gasteiger partial charge in [0.2, 0.25) is 0 Å². The van der Waals surface area contributed by atoms with Crippen LogP contribution in [0.4, 0.5) is 0 Å². The summed E-state index contributed by atoms with van der Waals surface area (Å²) in [6.45, 7) is 1.43. The molecule has 1 rings (SSSR count). The summed E-state index contributed by atoms with van der Waals surface area (Å²) in [5.41, 5.74) is 5.41. The van der Waals surface area contributed by atoms with Crippen LogP contribution >= 0.6 is 0 Å². The molecule has 0 aromatic carbocycles. The Balaban J connectivity index is 2.19. The monoisotopic (exact) mass is 168 g/mol. The third-order valence-corrected chi connectivity index (χ3v) is 1.36. The Labute approximate surface area is 70.5 Å². The van der Waals surface area contributed by atoms with Gasteiger partial charge in [0.1, 0.15) is 0 Å². The van der Waals surface area contributed by atoms with Gasteiger partial charge in [-0.25, -0.2) is 0 Å². The van der Waals surface area contributed by atoms with Crippen molar-refractivity contribution in [2.75, 3.05) is 13.6 Å². The highest BCUT2D eigenvalue weighted by Crippen LogP contribution is 1.77. The van der Waals surface area contributed by atoms with Crippen LogP contribution in [0.3, 0.4) is 0 Å². The van der Waals surface area contributed by atoms with Gasteiger partial charge in [-0.3, -0.25) is 9.67 Å². The minimum Gasteiger partial charge on any atom is -0.370 e. The number of nitrogens with two attached hydrogens (primary N) is 1. The minimum atomic E-state index is 0.440. The number of guanidine groups is 1. The second-order valence-electron chi connectivity index (χ2n) is 2.20. The quantitative estimate of drug-likeness (QED) is 0.439. The van der Waals surface area contributed by atoms with E-state index in [4.69, 9.17) is 5.73 Å². The normalized spacial score (nSPS) is 11.6. The Bertz CT molecular complexity index is 239. The van der Waals surface area contributed by atoms with Crippen LogP contribution in [0.5, 0.6) is 0 Å². The highest BCUT2D eigenvalue weighted by Gasteiger charge is 1.91. The molecule has 3 N–H and O–H groups in total. The molecule has 0 aliphatic carbocycles. The first-order chi connectivity index (χ1) is 5.83. The summed E-state index contributed by atoms with van der Waals surface area (Å²) in [5.74, 6) is 0.440. The van der Waals surface area contributed by atoms with Crippen molar-refractivity contribution in [2.24, 2.45) is 10.7 Å². The average molecular weight is 168 g/mol. The van der Waals surface area contributed by atoms with Crippen LogP contribution < -0.4 is 11.1 Å². The molecule has 0 aliphatic heterocycles. The van der Waals surface area contributed by atoms with E-state index < -0.39 is 0 Å². The van der Waals surface area contributed by atoms with E-state index in [0.717, 1.165) is 6.54 Å². The molecular weight excluding hydrogens is 156 g/mol. The molecular formula is C6H12N6. The van der Waals surface area contributed by atoms with Crippen molar-refractivity contribution < 1.29 is 0 Å². The predicted molar refractivity (Wildman–Crippen MR) is 45.6 cm³/mol. The van der Waals surface area contributed by atoms with Crippen LogP contribution in [-0.4, -0.2) is 34.5 Å². The van der Waals surface area contributed by atoms with E-state index in [1.165, 1.54) is 0 Å². The molecule has 0 fully saturated rings. The molecule has 0 saturated heterocycles. The van der Waals surface area contributed by atoms with Crippen molar-refractivity contribution in [3.8, 4) is 0 Å². The van der Waals surface area contributed by atoms with Gasteiger partial charge in [-0.05, 0) is 0 Å². The Morgan fingerprint density at radius 2 is 2.58 bits per heavy atom. The van der Waals surface area contributed by atoms with E-state index in [0.29, 0.717) is 12.5 Å². The van der Waals surface area contributed by atoms with Crippen molar-refractivity contribution in [3.63, 3.8) is 0 Å². The Morgan fingerprint density at radius 3 is 3.17 bits per heavy atom. The molecule has 12 heavy (non-hydrogen) atoms. The van der Waals surface area contributed by atoms with Crippen LogP contribution in [0.25, 0.3) is 0 Å². The van der Waals surface area contributed by atoms with E-state index in [9.17, 15) is 0 Å². The largest absolute Gasteiger partial charge is 0.370 e. The summed E-state index contributed by atoms with van der Waals surface area (Å²) in [4.78, 5) is 3.75. The fourth-order valence-electron chi connectivity index (χ4n) is 0.730. The van der Waals surface area contributed by atoms with E-state index in [-0.39, 0.29) is 0 Å². The lowest BCUT2D eigenvalue weighted by Crippen LogP contribution is -2.33. The number of nitrogens with zero attached hydrogens (tertiary/aromatic N) is 4. The number of nitrogens with one attached hydrogen (secondary N) is 1. The van der Waals surface area contributed by atoms with Crippen LogP contribution in [0.15, 0.2) is 17.4 Å². The summed E-state index contributed by atoms with van der Waals surface area (Å²) in [5, 5.41) is 10.4. The number of aromatic nitrogens is 3. The van der Waals surface area contributed by atoms with Gasteiger partial charge < -0.3 is 11.1 Å². The molecule has 0 atom stereocenters. The second-order valence-corrected chi connectivity index (χ2v) is 2.20. The van der Waals surface area contributed by atoms with E-state index >= 15 is 0 Å².